The molecular formula is C20H21N3O3. The van der Waals surface area contributed by atoms with Crippen LogP contribution in [-0.4, -0.2) is 24.3 Å². The standard InChI is InChI=1S/C20H21N3O3/c1-14(24)22-17-8-5-9-18(11-17)23-13-16(10-19(23)25)20(26)21-12-15-6-3-2-4-7-15/h2-9,11,16H,10,12-13H2,1H3,(H,21,26)(H,22,24)/t16-/m0/s1. The summed E-state index contributed by atoms with van der Waals surface area (Å²) >= 11 is 0. The average Bonchev–Trinajstić information content (AvgIpc) is 3.02. The minimum atomic E-state index is -0.379. The molecule has 3 rings (SSSR count). The van der Waals surface area contributed by atoms with Crippen molar-refractivity contribution in [2.24, 2.45) is 5.92 Å². The molecule has 2 N–H and O–H groups in total. The second-order valence-corrected chi connectivity index (χ2v) is 6.34. The van der Waals surface area contributed by atoms with Crippen LogP contribution in [0.15, 0.2) is 54.6 Å². The lowest BCUT2D eigenvalue weighted by Crippen LogP contribution is -2.32. The molecule has 6 nitrogen and oxygen atoms in total. The molecule has 2 aromatic rings. The van der Waals surface area contributed by atoms with E-state index in [0.717, 1.165) is 5.56 Å². The van der Waals surface area contributed by atoms with Gasteiger partial charge in [-0.2, -0.15) is 0 Å². The quantitative estimate of drug-likeness (QED) is 0.868. The molecule has 26 heavy (non-hydrogen) atoms. The molecule has 1 aliphatic heterocycles. The van der Waals surface area contributed by atoms with Gasteiger partial charge in [0.05, 0.1) is 5.92 Å². The van der Waals surface area contributed by atoms with Gasteiger partial charge in [0, 0.05) is 37.8 Å². The third-order valence-electron chi connectivity index (χ3n) is 4.28. The Labute approximate surface area is 152 Å². The Morgan fingerprint density at radius 1 is 1.12 bits per heavy atom. The molecule has 0 aliphatic carbocycles. The summed E-state index contributed by atoms with van der Waals surface area (Å²) in [6.45, 7) is 2.21. The molecule has 0 aromatic heterocycles. The monoisotopic (exact) mass is 351 g/mol. The van der Waals surface area contributed by atoms with E-state index in [1.807, 2.05) is 30.3 Å². The van der Waals surface area contributed by atoms with Gasteiger partial charge < -0.3 is 15.5 Å². The third-order valence-corrected chi connectivity index (χ3v) is 4.28. The van der Waals surface area contributed by atoms with Gasteiger partial charge in [-0.15, -0.1) is 0 Å². The Kier molecular flexibility index (Phi) is 5.31. The fraction of sp³-hybridized carbons (Fsp3) is 0.250. The number of carbonyl (C=O) groups excluding carboxylic acids is 3. The van der Waals surface area contributed by atoms with Crippen LogP contribution in [0.25, 0.3) is 0 Å². The Morgan fingerprint density at radius 3 is 2.62 bits per heavy atom. The van der Waals surface area contributed by atoms with E-state index < -0.39 is 0 Å². The van der Waals surface area contributed by atoms with Crippen LogP contribution < -0.4 is 15.5 Å². The number of hydrogen-bond acceptors (Lipinski definition) is 3. The summed E-state index contributed by atoms with van der Waals surface area (Å²) in [6, 6.07) is 16.7. The molecule has 0 bridgehead atoms. The zero-order valence-corrected chi connectivity index (χ0v) is 14.6. The van der Waals surface area contributed by atoms with Gasteiger partial charge in [0.15, 0.2) is 0 Å². The number of amides is 3. The van der Waals surface area contributed by atoms with E-state index in [1.54, 1.807) is 29.2 Å². The maximum absolute atomic E-state index is 12.4. The van der Waals surface area contributed by atoms with E-state index in [2.05, 4.69) is 10.6 Å². The molecule has 3 amide bonds. The topological polar surface area (TPSA) is 78.5 Å². The van der Waals surface area contributed by atoms with Gasteiger partial charge in [-0.05, 0) is 23.8 Å². The van der Waals surface area contributed by atoms with E-state index in [1.165, 1.54) is 6.92 Å². The van der Waals surface area contributed by atoms with E-state index in [-0.39, 0.29) is 30.1 Å². The highest BCUT2D eigenvalue weighted by Crippen LogP contribution is 2.27. The number of nitrogens with zero attached hydrogens (tertiary/aromatic N) is 1. The van der Waals surface area contributed by atoms with Crippen molar-refractivity contribution in [3.63, 3.8) is 0 Å². The summed E-state index contributed by atoms with van der Waals surface area (Å²) in [6.07, 6.45) is 0.186. The fourth-order valence-corrected chi connectivity index (χ4v) is 3.02. The summed E-state index contributed by atoms with van der Waals surface area (Å²) in [7, 11) is 0. The van der Waals surface area contributed by atoms with Crippen molar-refractivity contribution >= 4 is 29.1 Å². The SMILES string of the molecule is CC(=O)Nc1cccc(N2C[C@@H](C(=O)NCc3ccccc3)CC2=O)c1. The highest BCUT2D eigenvalue weighted by molar-refractivity contribution is 6.01. The second kappa shape index (κ2) is 7.82. The van der Waals surface area contributed by atoms with Gasteiger partial charge in [0.1, 0.15) is 0 Å². The lowest BCUT2D eigenvalue weighted by Gasteiger charge is -2.18. The van der Waals surface area contributed by atoms with Crippen LogP contribution in [0.4, 0.5) is 11.4 Å². The van der Waals surface area contributed by atoms with Gasteiger partial charge in [-0.25, -0.2) is 0 Å². The summed E-state index contributed by atoms with van der Waals surface area (Å²) in [5.74, 6) is -0.767. The Bertz CT molecular complexity index is 820. The smallest absolute Gasteiger partial charge is 0.227 e. The number of rotatable bonds is 5. The summed E-state index contributed by atoms with van der Waals surface area (Å²) in [5.41, 5.74) is 2.32. The van der Waals surface area contributed by atoms with Gasteiger partial charge in [0.2, 0.25) is 17.7 Å². The van der Waals surface area contributed by atoms with E-state index in [0.29, 0.717) is 24.5 Å². The van der Waals surface area contributed by atoms with Gasteiger partial charge in [-0.3, -0.25) is 14.4 Å². The molecule has 2 aromatic carbocycles. The van der Waals surface area contributed by atoms with Gasteiger partial charge in [0.25, 0.3) is 0 Å². The van der Waals surface area contributed by atoms with Crippen molar-refractivity contribution in [2.45, 2.75) is 19.9 Å². The molecule has 0 radical (unpaired) electrons. The van der Waals surface area contributed by atoms with Crippen molar-refractivity contribution in [3.05, 3.63) is 60.2 Å². The lowest BCUT2D eigenvalue weighted by atomic mass is 10.1. The normalized spacial score (nSPS) is 16.4. The largest absolute Gasteiger partial charge is 0.352 e. The first kappa shape index (κ1) is 17.7. The number of hydrogen-bond donors (Lipinski definition) is 2. The molecule has 1 aliphatic rings. The maximum Gasteiger partial charge on any atom is 0.227 e. The van der Waals surface area contributed by atoms with Crippen LogP contribution in [0.1, 0.15) is 18.9 Å². The molecule has 6 heteroatoms. The van der Waals surface area contributed by atoms with E-state index in [9.17, 15) is 14.4 Å². The second-order valence-electron chi connectivity index (χ2n) is 6.34. The summed E-state index contributed by atoms with van der Waals surface area (Å²) in [5, 5.41) is 5.60. The van der Waals surface area contributed by atoms with E-state index >= 15 is 0 Å². The summed E-state index contributed by atoms with van der Waals surface area (Å²) < 4.78 is 0. The molecule has 134 valence electrons. The predicted octanol–water partition coefficient (Wildman–Crippen LogP) is 2.31. The molecule has 1 heterocycles. The first-order valence-electron chi connectivity index (χ1n) is 8.52. The minimum absolute atomic E-state index is 0.0927. The van der Waals surface area contributed by atoms with Crippen LogP contribution >= 0.6 is 0 Å². The Hall–Kier alpha value is -3.15. The van der Waals surface area contributed by atoms with Crippen molar-refractivity contribution in [1.29, 1.82) is 0 Å². The van der Waals surface area contributed by atoms with Crippen LogP contribution in [0, 0.1) is 5.92 Å². The van der Waals surface area contributed by atoms with E-state index in [4.69, 9.17) is 0 Å². The maximum atomic E-state index is 12.4. The van der Waals surface area contributed by atoms with Crippen molar-refractivity contribution < 1.29 is 14.4 Å². The summed E-state index contributed by atoms with van der Waals surface area (Å²) in [4.78, 5) is 37.6. The Morgan fingerprint density at radius 2 is 1.88 bits per heavy atom. The van der Waals surface area contributed by atoms with Crippen molar-refractivity contribution in [3.8, 4) is 0 Å². The Balaban J connectivity index is 1.63. The molecule has 0 unspecified atom stereocenters. The number of anilines is 2. The highest BCUT2D eigenvalue weighted by atomic mass is 16.2. The van der Waals surface area contributed by atoms with Crippen LogP contribution in [0.3, 0.4) is 0 Å². The van der Waals surface area contributed by atoms with Gasteiger partial charge in [-0.1, -0.05) is 36.4 Å². The van der Waals surface area contributed by atoms with Crippen molar-refractivity contribution in [2.75, 3.05) is 16.8 Å². The first-order chi connectivity index (χ1) is 12.5. The lowest BCUT2D eigenvalue weighted by molar-refractivity contribution is -0.126. The third kappa shape index (κ3) is 4.27. The molecular weight excluding hydrogens is 330 g/mol. The highest BCUT2D eigenvalue weighted by Gasteiger charge is 2.35. The first-order valence-corrected chi connectivity index (χ1v) is 8.52. The van der Waals surface area contributed by atoms with Crippen molar-refractivity contribution in [1.82, 2.24) is 5.32 Å². The molecule has 1 atom stereocenters. The van der Waals surface area contributed by atoms with Crippen LogP contribution in [-0.2, 0) is 20.9 Å². The fourth-order valence-electron chi connectivity index (χ4n) is 3.02. The zero-order valence-electron chi connectivity index (χ0n) is 14.6. The van der Waals surface area contributed by atoms with Gasteiger partial charge >= 0.3 is 0 Å². The number of benzene rings is 2. The van der Waals surface area contributed by atoms with Crippen LogP contribution in [0.5, 0.6) is 0 Å². The molecule has 1 saturated heterocycles. The number of carbonyl (C=O) groups is 3. The molecule has 0 saturated carbocycles. The zero-order chi connectivity index (χ0) is 18.5. The molecule has 0 spiro atoms. The predicted molar refractivity (Wildman–Crippen MR) is 99.5 cm³/mol. The minimum Gasteiger partial charge on any atom is -0.352 e. The molecule has 1 fully saturated rings. The van der Waals surface area contributed by atoms with Crippen LogP contribution in [0.2, 0.25) is 0 Å². The number of nitrogens with one attached hydrogen (secondary N) is 2. The average molecular weight is 351 g/mol.